The summed E-state index contributed by atoms with van der Waals surface area (Å²) in [5.74, 6) is 0.477. The molecule has 0 aliphatic heterocycles. The number of carbonyl (C=O) groups excluding carboxylic acids is 1. The quantitative estimate of drug-likeness (QED) is 0.647. The molecule has 0 saturated heterocycles. The Hall–Kier alpha value is -2.43. The highest BCUT2D eigenvalue weighted by Gasteiger charge is 2.14. The lowest BCUT2D eigenvalue weighted by Crippen LogP contribution is -2.20. The summed E-state index contributed by atoms with van der Waals surface area (Å²) in [6.45, 7) is 2.01. The lowest BCUT2D eigenvalue weighted by atomic mass is 10.1. The van der Waals surface area contributed by atoms with Crippen molar-refractivity contribution in [3.8, 4) is 0 Å². The van der Waals surface area contributed by atoms with Crippen LogP contribution in [0, 0.1) is 0 Å². The molecule has 0 radical (unpaired) electrons. The molecule has 1 unspecified atom stereocenters. The van der Waals surface area contributed by atoms with Crippen molar-refractivity contribution in [3.63, 3.8) is 0 Å². The second-order valence-corrected chi connectivity index (χ2v) is 4.63. The van der Waals surface area contributed by atoms with E-state index in [1.54, 1.807) is 24.5 Å². The number of ether oxygens (including phenoxy) is 1. The van der Waals surface area contributed by atoms with Crippen molar-refractivity contribution < 1.29 is 13.9 Å². The smallest absolute Gasteiger partial charge is 0.340 e. The number of nitrogen functional groups attached to an aromatic ring is 1. The molecule has 1 heterocycles. The van der Waals surface area contributed by atoms with Gasteiger partial charge in [-0.15, -0.1) is 0 Å². The van der Waals surface area contributed by atoms with Crippen LogP contribution in [0.5, 0.6) is 0 Å². The number of furan rings is 1. The number of esters is 1. The topological polar surface area (TPSA) is 77.5 Å². The van der Waals surface area contributed by atoms with Crippen LogP contribution in [0.4, 0.5) is 11.4 Å². The molecule has 5 heteroatoms. The first kappa shape index (κ1) is 14.0. The van der Waals surface area contributed by atoms with Crippen molar-refractivity contribution in [2.45, 2.75) is 19.4 Å². The molecule has 0 bridgehead atoms. The molecule has 2 aromatic rings. The second-order valence-electron chi connectivity index (χ2n) is 4.63. The van der Waals surface area contributed by atoms with Gasteiger partial charge in [-0.05, 0) is 37.3 Å². The molecule has 1 aromatic carbocycles. The van der Waals surface area contributed by atoms with E-state index in [-0.39, 0.29) is 6.04 Å². The molecular weight excluding hydrogens is 256 g/mol. The Labute approximate surface area is 117 Å². The Morgan fingerprint density at radius 2 is 2.25 bits per heavy atom. The summed E-state index contributed by atoms with van der Waals surface area (Å²) in [6.07, 6.45) is 2.36. The summed E-state index contributed by atoms with van der Waals surface area (Å²) in [6, 6.07) is 9.00. The highest BCUT2D eigenvalue weighted by atomic mass is 16.5. The summed E-state index contributed by atoms with van der Waals surface area (Å²) < 4.78 is 10.1. The zero-order valence-corrected chi connectivity index (χ0v) is 11.6. The maximum Gasteiger partial charge on any atom is 0.340 e. The van der Waals surface area contributed by atoms with Gasteiger partial charge in [0.1, 0.15) is 5.76 Å². The number of hydrogen-bond donors (Lipinski definition) is 2. The lowest BCUT2D eigenvalue weighted by molar-refractivity contribution is 0.0602. The van der Waals surface area contributed by atoms with Crippen LogP contribution in [-0.4, -0.2) is 19.1 Å². The van der Waals surface area contributed by atoms with Gasteiger partial charge in [-0.25, -0.2) is 4.79 Å². The number of nitrogens with two attached hydrogens (primary N) is 1. The molecule has 0 amide bonds. The van der Waals surface area contributed by atoms with Crippen molar-refractivity contribution in [2.75, 3.05) is 18.2 Å². The van der Waals surface area contributed by atoms with Crippen LogP contribution in [0.25, 0.3) is 0 Å². The fourth-order valence-electron chi connectivity index (χ4n) is 2.01. The van der Waals surface area contributed by atoms with Gasteiger partial charge in [0.05, 0.1) is 18.9 Å². The number of nitrogens with one attached hydrogen (secondary N) is 1. The lowest BCUT2D eigenvalue weighted by Gasteiger charge is -2.17. The average Bonchev–Trinajstić information content (AvgIpc) is 2.92. The molecule has 2 rings (SSSR count). The van der Waals surface area contributed by atoms with Crippen molar-refractivity contribution in [1.82, 2.24) is 0 Å². The van der Waals surface area contributed by atoms with E-state index >= 15 is 0 Å². The van der Waals surface area contributed by atoms with Crippen LogP contribution in [0.1, 0.15) is 23.0 Å². The molecule has 0 aliphatic carbocycles. The summed E-state index contributed by atoms with van der Waals surface area (Å²) in [7, 11) is 1.35. The molecule has 5 nitrogen and oxygen atoms in total. The van der Waals surface area contributed by atoms with E-state index < -0.39 is 5.97 Å². The third-order valence-corrected chi connectivity index (χ3v) is 2.94. The number of carbonyl (C=O) groups is 1. The van der Waals surface area contributed by atoms with E-state index in [0.717, 1.165) is 12.2 Å². The average molecular weight is 274 g/mol. The number of benzene rings is 1. The van der Waals surface area contributed by atoms with E-state index in [9.17, 15) is 4.79 Å². The van der Waals surface area contributed by atoms with Crippen LogP contribution in [0.3, 0.4) is 0 Å². The fraction of sp³-hybridized carbons (Fsp3) is 0.267. The van der Waals surface area contributed by atoms with Gasteiger partial charge in [-0.3, -0.25) is 0 Å². The van der Waals surface area contributed by atoms with Gasteiger partial charge in [0, 0.05) is 23.8 Å². The first-order valence-corrected chi connectivity index (χ1v) is 6.37. The normalized spacial score (nSPS) is 11.9. The van der Waals surface area contributed by atoms with E-state index in [1.807, 2.05) is 19.1 Å². The van der Waals surface area contributed by atoms with Crippen LogP contribution in [0.15, 0.2) is 41.0 Å². The molecule has 0 fully saturated rings. The number of anilines is 2. The largest absolute Gasteiger partial charge is 0.469 e. The van der Waals surface area contributed by atoms with Gasteiger partial charge in [0.15, 0.2) is 0 Å². The van der Waals surface area contributed by atoms with E-state index in [0.29, 0.717) is 16.9 Å². The standard InChI is InChI=1S/C15H18N2O3/c1-10(8-12-4-3-7-20-12)17-14-6-5-11(16)9-13(14)15(18)19-2/h3-7,9-10,17H,8,16H2,1-2H3. The summed E-state index contributed by atoms with van der Waals surface area (Å²) >= 11 is 0. The number of rotatable bonds is 5. The molecule has 106 valence electrons. The maximum absolute atomic E-state index is 11.7. The third-order valence-electron chi connectivity index (χ3n) is 2.94. The summed E-state index contributed by atoms with van der Waals surface area (Å²) in [4.78, 5) is 11.7. The minimum absolute atomic E-state index is 0.105. The number of methoxy groups -OCH3 is 1. The fourth-order valence-corrected chi connectivity index (χ4v) is 2.01. The van der Waals surface area contributed by atoms with Crippen molar-refractivity contribution in [2.24, 2.45) is 0 Å². The van der Waals surface area contributed by atoms with E-state index in [1.165, 1.54) is 7.11 Å². The van der Waals surface area contributed by atoms with Crippen LogP contribution < -0.4 is 11.1 Å². The highest BCUT2D eigenvalue weighted by Crippen LogP contribution is 2.21. The SMILES string of the molecule is COC(=O)c1cc(N)ccc1NC(C)Cc1ccco1. The zero-order chi connectivity index (χ0) is 14.5. The van der Waals surface area contributed by atoms with Crippen molar-refractivity contribution in [3.05, 3.63) is 47.9 Å². The van der Waals surface area contributed by atoms with Gasteiger partial charge < -0.3 is 20.2 Å². The number of hydrogen-bond acceptors (Lipinski definition) is 5. The minimum Gasteiger partial charge on any atom is -0.469 e. The van der Waals surface area contributed by atoms with Crippen LogP contribution in [0.2, 0.25) is 0 Å². The Bertz CT molecular complexity index is 579. The second kappa shape index (κ2) is 6.14. The van der Waals surface area contributed by atoms with Crippen LogP contribution >= 0.6 is 0 Å². The molecule has 0 saturated carbocycles. The first-order valence-electron chi connectivity index (χ1n) is 6.37. The highest BCUT2D eigenvalue weighted by molar-refractivity contribution is 5.96. The predicted octanol–water partition coefficient (Wildman–Crippen LogP) is 2.69. The van der Waals surface area contributed by atoms with Gasteiger partial charge in [-0.1, -0.05) is 0 Å². The summed E-state index contributed by atoms with van der Waals surface area (Å²) in [5, 5.41) is 3.27. The zero-order valence-electron chi connectivity index (χ0n) is 11.6. The Morgan fingerprint density at radius 3 is 2.90 bits per heavy atom. The van der Waals surface area contributed by atoms with Gasteiger partial charge in [0.25, 0.3) is 0 Å². The molecular formula is C15H18N2O3. The first-order chi connectivity index (χ1) is 9.60. The van der Waals surface area contributed by atoms with Crippen molar-refractivity contribution >= 4 is 17.3 Å². The predicted molar refractivity (Wildman–Crippen MR) is 77.7 cm³/mol. The third kappa shape index (κ3) is 3.32. The Balaban J connectivity index is 2.14. The maximum atomic E-state index is 11.7. The molecule has 0 spiro atoms. The monoisotopic (exact) mass is 274 g/mol. The van der Waals surface area contributed by atoms with E-state index in [4.69, 9.17) is 14.9 Å². The molecule has 0 aliphatic rings. The van der Waals surface area contributed by atoms with Gasteiger partial charge in [0.2, 0.25) is 0 Å². The van der Waals surface area contributed by atoms with Gasteiger partial charge in [-0.2, -0.15) is 0 Å². The molecule has 1 aromatic heterocycles. The molecule has 3 N–H and O–H groups in total. The molecule has 1 atom stereocenters. The minimum atomic E-state index is -0.412. The summed E-state index contributed by atoms with van der Waals surface area (Å²) in [5.41, 5.74) is 7.36. The Kier molecular flexibility index (Phi) is 4.30. The Morgan fingerprint density at radius 1 is 1.45 bits per heavy atom. The van der Waals surface area contributed by atoms with Gasteiger partial charge >= 0.3 is 5.97 Å². The molecule has 20 heavy (non-hydrogen) atoms. The van der Waals surface area contributed by atoms with E-state index in [2.05, 4.69) is 5.32 Å². The van der Waals surface area contributed by atoms with Crippen molar-refractivity contribution in [1.29, 1.82) is 0 Å². The van der Waals surface area contributed by atoms with Crippen LogP contribution in [-0.2, 0) is 11.2 Å².